The molecule has 0 fully saturated rings. The number of carboxylic acid groups (broad SMARTS) is 1. The number of hydrogen-bond donors (Lipinski definition) is 3. The van der Waals surface area contributed by atoms with Crippen LogP contribution in [0.1, 0.15) is 17.4 Å². The summed E-state index contributed by atoms with van der Waals surface area (Å²) >= 11 is 0. The first kappa shape index (κ1) is 14.2. The van der Waals surface area contributed by atoms with Crippen LogP contribution in [0.2, 0.25) is 0 Å². The van der Waals surface area contributed by atoms with E-state index in [2.05, 4.69) is 5.32 Å². The Bertz CT molecular complexity index is 589. The molecule has 0 saturated heterocycles. The lowest BCUT2D eigenvalue weighted by atomic mass is 10.3. The Morgan fingerprint density at radius 1 is 1.50 bits per heavy atom. The normalized spacial score (nSPS) is 13.1. The smallest absolute Gasteiger partial charge is 0.325 e. The Labute approximate surface area is 103 Å². The molecule has 1 heterocycles. The number of aromatic nitrogens is 1. The predicted molar refractivity (Wildman–Crippen MR) is 61.4 cm³/mol. The Morgan fingerprint density at radius 3 is 2.44 bits per heavy atom. The summed E-state index contributed by atoms with van der Waals surface area (Å²) in [5, 5.41) is 15.8. The maximum Gasteiger partial charge on any atom is 0.325 e. The summed E-state index contributed by atoms with van der Waals surface area (Å²) in [4.78, 5) is 22.1. The van der Waals surface area contributed by atoms with Crippen molar-refractivity contribution in [1.29, 1.82) is 0 Å². The number of rotatable bonds is 4. The summed E-state index contributed by atoms with van der Waals surface area (Å²) in [7, 11) is -2.45. The summed E-state index contributed by atoms with van der Waals surface area (Å²) in [5.74, 6) is -1.88. The first-order valence-corrected chi connectivity index (χ1v) is 6.40. The van der Waals surface area contributed by atoms with Crippen molar-refractivity contribution in [3.8, 4) is 0 Å². The number of carboxylic acids is 1. The topological polar surface area (TPSA) is 131 Å². The molecule has 0 aliphatic rings. The molecule has 100 valence electrons. The molecule has 0 saturated carbocycles. The van der Waals surface area contributed by atoms with Crippen LogP contribution in [0.4, 0.5) is 0 Å². The van der Waals surface area contributed by atoms with E-state index in [1.165, 1.54) is 24.7 Å². The first-order chi connectivity index (χ1) is 8.12. The van der Waals surface area contributed by atoms with Crippen LogP contribution in [0.3, 0.4) is 0 Å². The highest BCUT2D eigenvalue weighted by atomic mass is 32.2. The largest absolute Gasteiger partial charge is 0.480 e. The molecule has 0 aliphatic heterocycles. The van der Waals surface area contributed by atoms with Crippen LogP contribution in [0.5, 0.6) is 0 Å². The summed E-state index contributed by atoms with van der Waals surface area (Å²) < 4.78 is 23.4. The minimum atomic E-state index is -3.90. The van der Waals surface area contributed by atoms with Crippen LogP contribution in [0.15, 0.2) is 17.2 Å². The van der Waals surface area contributed by atoms with Crippen molar-refractivity contribution in [3.05, 3.63) is 18.0 Å². The highest BCUT2D eigenvalue weighted by Gasteiger charge is 2.20. The third-order valence-corrected chi connectivity index (χ3v) is 3.14. The van der Waals surface area contributed by atoms with Crippen LogP contribution >= 0.6 is 0 Å². The average Bonchev–Trinajstić information content (AvgIpc) is 2.59. The molecule has 1 unspecified atom stereocenters. The molecule has 0 radical (unpaired) electrons. The van der Waals surface area contributed by atoms with Gasteiger partial charge in [0.2, 0.25) is 10.0 Å². The van der Waals surface area contributed by atoms with Crippen molar-refractivity contribution in [2.45, 2.75) is 17.9 Å². The van der Waals surface area contributed by atoms with E-state index >= 15 is 0 Å². The van der Waals surface area contributed by atoms with Gasteiger partial charge in [-0.15, -0.1) is 0 Å². The Hall–Kier alpha value is -1.87. The van der Waals surface area contributed by atoms with Crippen molar-refractivity contribution < 1.29 is 23.1 Å². The van der Waals surface area contributed by atoms with Gasteiger partial charge in [-0.2, -0.15) is 0 Å². The summed E-state index contributed by atoms with van der Waals surface area (Å²) in [6, 6.07) is 0.00418. The Morgan fingerprint density at radius 2 is 2.06 bits per heavy atom. The van der Waals surface area contributed by atoms with Gasteiger partial charge >= 0.3 is 5.97 Å². The number of hydrogen-bond acceptors (Lipinski definition) is 4. The number of aryl methyl sites for hydroxylation is 1. The molecule has 1 aromatic heterocycles. The summed E-state index contributed by atoms with van der Waals surface area (Å²) in [5.41, 5.74) is 0.00660. The van der Waals surface area contributed by atoms with Crippen molar-refractivity contribution in [3.63, 3.8) is 0 Å². The first-order valence-electron chi connectivity index (χ1n) is 4.85. The molecule has 1 atom stereocenters. The van der Waals surface area contributed by atoms with E-state index in [-0.39, 0.29) is 10.6 Å². The van der Waals surface area contributed by atoms with Crippen LogP contribution < -0.4 is 10.5 Å². The molecule has 0 aliphatic carbocycles. The van der Waals surface area contributed by atoms with Gasteiger partial charge in [0.15, 0.2) is 0 Å². The molecule has 8 nitrogen and oxygen atoms in total. The zero-order chi connectivity index (χ0) is 14.1. The summed E-state index contributed by atoms with van der Waals surface area (Å²) in [6.45, 7) is 1.30. The number of nitrogens with one attached hydrogen (secondary N) is 1. The fraction of sp³-hybridized carbons (Fsp3) is 0.333. The molecule has 1 aromatic rings. The number of primary sulfonamides is 1. The van der Waals surface area contributed by atoms with E-state index in [4.69, 9.17) is 10.2 Å². The molecule has 0 aromatic carbocycles. The number of carbonyl (C=O) groups is 2. The van der Waals surface area contributed by atoms with Gasteiger partial charge in [0.25, 0.3) is 5.91 Å². The van der Waals surface area contributed by atoms with Gasteiger partial charge in [0.05, 0.1) is 0 Å². The number of carbonyl (C=O) groups excluding carboxylic acids is 1. The maximum atomic E-state index is 11.7. The molecule has 1 amide bonds. The van der Waals surface area contributed by atoms with Gasteiger partial charge in [-0.05, 0) is 13.0 Å². The highest BCUT2D eigenvalue weighted by Crippen LogP contribution is 2.11. The van der Waals surface area contributed by atoms with E-state index in [0.717, 1.165) is 6.07 Å². The number of amides is 1. The Kier molecular flexibility index (Phi) is 3.77. The molecule has 4 N–H and O–H groups in total. The monoisotopic (exact) mass is 275 g/mol. The standard InChI is InChI=1S/C9H13N3O5S/c1-5(9(14)15)11-8(13)7-3-6(4-12(7)2)18(10,16)17/h3-5H,1-2H3,(H,11,13)(H,14,15)(H2,10,16,17). The number of nitrogens with zero attached hydrogens (tertiary/aromatic N) is 1. The molecule has 9 heteroatoms. The zero-order valence-corrected chi connectivity index (χ0v) is 10.6. The van der Waals surface area contributed by atoms with E-state index in [1.54, 1.807) is 0 Å². The Balaban J connectivity index is 3.01. The fourth-order valence-corrected chi connectivity index (χ4v) is 1.83. The molecule has 0 spiro atoms. The lowest BCUT2D eigenvalue weighted by molar-refractivity contribution is -0.138. The molecule has 18 heavy (non-hydrogen) atoms. The van der Waals surface area contributed by atoms with Gasteiger partial charge in [0.1, 0.15) is 16.6 Å². The summed E-state index contributed by atoms with van der Waals surface area (Å²) in [6.07, 6.45) is 1.18. The van der Waals surface area contributed by atoms with Crippen LogP contribution in [-0.2, 0) is 21.9 Å². The quantitative estimate of drug-likeness (QED) is 0.640. The minimum absolute atomic E-state index is 0.00660. The van der Waals surface area contributed by atoms with Gasteiger partial charge in [-0.25, -0.2) is 13.6 Å². The van der Waals surface area contributed by atoms with Crippen LogP contribution in [0.25, 0.3) is 0 Å². The van der Waals surface area contributed by atoms with E-state index in [9.17, 15) is 18.0 Å². The van der Waals surface area contributed by atoms with E-state index < -0.39 is 27.9 Å². The second-order valence-electron chi connectivity index (χ2n) is 3.75. The lowest BCUT2D eigenvalue weighted by Crippen LogP contribution is -2.39. The lowest BCUT2D eigenvalue weighted by Gasteiger charge is -2.09. The van der Waals surface area contributed by atoms with Gasteiger partial charge < -0.3 is 15.0 Å². The predicted octanol–water partition coefficient (Wildman–Crippen LogP) is -1.12. The second kappa shape index (κ2) is 4.78. The average molecular weight is 275 g/mol. The van der Waals surface area contributed by atoms with Crippen molar-refractivity contribution in [2.24, 2.45) is 12.2 Å². The maximum absolute atomic E-state index is 11.7. The molecule has 1 rings (SSSR count). The molecular weight excluding hydrogens is 262 g/mol. The van der Waals surface area contributed by atoms with Gasteiger partial charge in [-0.3, -0.25) is 9.59 Å². The fourth-order valence-electron chi connectivity index (χ4n) is 1.25. The van der Waals surface area contributed by atoms with Crippen molar-refractivity contribution in [2.75, 3.05) is 0 Å². The number of sulfonamides is 1. The van der Waals surface area contributed by atoms with E-state index in [1.807, 2.05) is 0 Å². The van der Waals surface area contributed by atoms with Gasteiger partial charge in [0, 0.05) is 13.2 Å². The van der Waals surface area contributed by atoms with Crippen LogP contribution in [-0.4, -0.2) is 36.0 Å². The SMILES string of the molecule is CC(NC(=O)c1cc(S(N)(=O)=O)cn1C)C(=O)O. The number of nitrogens with two attached hydrogens (primary N) is 1. The van der Waals surface area contributed by atoms with Gasteiger partial charge in [-0.1, -0.05) is 0 Å². The van der Waals surface area contributed by atoms with Crippen LogP contribution in [0, 0.1) is 0 Å². The molecular formula is C9H13N3O5S. The number of aliphatic carboxylic acids is 1. The third-order valence-electron chi connectivity index (χ3n) is 2.26. The zero-order valence-electron chi connectivity index (χ0n) is 9.75. The minimum Gasteiger partial charge on any atom is -0.480 e. The highest BCUT2D eigenvalue weighted by molar-refractivity contribution is 7.89. The van der Waals surface area contributed by atoms with Crippen molar-refractivity contribution in [1.82, 2.24) is 9.88 Å². The van der Waals surface area contributed by atoms with E-state index in [0.29, 0.717) is 0 Å². The molecule has 0 bridgehead atoms. The van der Waals surface area contributed by atoms with Crippen molar-refractivity contribution >= 4 is 21.9 Å². The second-order valence-corrected chi connectivity index (χ2v) is 5.31. The third kappa shape index (κ3) is 3.08.